The number of amides is 1. The predicted molar refractivity (Wildman–Crippen MR) is 115 cm³/mol. The molecule has 2 heterocycles. The lowest BCUT2D eigenvalue weighted by atomic mass is 10.1. The highest BCUT2D eigenvalue weighted by molar-refractivity contribution is 5.96. The van der Waals surface area contributed by atoms with Gasteiger partial charge in [0.25, 0.3) is 0 Å². The third kappa shape index (κ3) is 5.02. The number of benzene rings is 2. The summed E-state index contributed by atoms with van der Waals surface area (Å²) in [5.74, 6) is 0.647. The van der Waals surface area contributed by atoms with Gasteiger partial charge in [0.1, 0.15) is 11.9 Å². The molecule has 28 heavy (non-hydrogen) atoms. The molecule has 2 unspecified atom stereocenters. The molecule has 2 aromatic carbocycles. The van der Waals surface area contributed by atoms with Gasteiger partial charge in [0.2, 0.25) is 5.91 Å². The van der Waals surface area contributed by atoms with Crippen molar-refractivity contribution in [3.8, 4) is 0 Å². The Balaban J connectivity index is 0.00000140. The van der Waals surface area contributed by atoms with E-state index in [2.05, 4.69) is 15.3 Å². The molecular formula is C20H24Cl2N4O2. The maximum Gasteiger partial charge on any atom is 0.241 e. The summed E-state index contributed by atoms with van der Waals surface area (Å²) in [6, 6.07) is 14.8. The Morgan fingerprint density at radius 3 is 2.75 bits per heavy atom. The molecule has 0 saturated carbocycles. The van der Waals surface area contributed by atoms with Gasteiger partial charge in [-0.05, 0) is 43.0 Å². The second-order valence-corrected chi connectivity index (χ2v) is 6.64. The fourth-order valence-electron chi connectivity index (χ4n) is 3.25. The third-order valence-corrected chi connectivity index (χ3v) is 4.64. The molecule has 1 aliphatic rings. The highest BCUT2D eigenvalue weighted by Crippen LogP contribution is 2.28. The Morgan fingerprint density at radius 1 is 1.25 bits per heavy atom. The van der Waals surface area contributed by atoms with Crippen molar-refractivity contribution >= 4 is 47.4 Å². The van der Waals surface area contributed by atoms with Crippen LogP contribution in [0.5, 0.6) is 0 Å². The highest BCUT2D eigenvalue weighted by atomic mass is 35.5. The minimum absolute atomic E-state index is 0. The molecule has 3 aromatic rings. The van der Waals surface area contributed by atoms with Gasteiger partial charge in [-0.25, -0.2) is 4.98 Å². The molecule has 0 bridgehead atoms. The lowest BCUT2D eigenvalue weighted by Crippen LogP contribution is -2.37. The molecule has 1 saturated heterocycles. The van der Waals surface area contributed by atoms with Crippen LogP contribution in [0.1, 0.15) is 30.3 Å². The number of aromatic amines is 1. The number of H-pyrrole nitrogens is 1. The van der Waals surface area contributed by atoms with Gasteiger partial charge in [0, 0.05) is 12.3 Å². The van der Waals surface area contributed by atoms with E-state index in [0.717, 1.165) is 41.9 Å². The number of anilines is 1. The summed E-state index contributed by atoms with van der Waals surface area (Å²) in [7, 11) is 0. The highest BCUT2D eigenvalue weighted by Gasteiger charge is 2.21. The Morgan fingerprint density at radius 2 is 2.04 bits per heavy atom. The molecule has 1 aliphatic heterocycles. The van der Waals surface area contributed by atoms with Crippen molar-refractivity contribution < 1.29 is 9.53 Å². The third-order valence-electron chi connectivity index (χ3n) is 4.64. The van der Waals surface area contributed by atoms with Crippen molar-refractivity contribution in [3.63, 3.8) is 0 Å². The largest absolute Gasteiger partial charge is 0.370 e. The van der Waals surface area contributed by atoms with E-state index in [0.29, 0.717) is 12.1 Å². The van der Waals surface area contributed by atoms with Gasteiger partial charge in [-0.2, -0.15) is 0 Å². The van der Waals surface area contributed by atoms with Crippen molar-refractivity contribution in [3.05, 3.63) is 59.9 Å². The van der Waals surface area contributed by atoms with E-state index in [1.165, 1.54) is 0 Å². The number of aromatic nitrogens is 2. The summed E-state index contributed by atoms with van der Waals surface area (Å²) < 4.78 is 5.67. The molecule has 2 atom stereocenters. The minimum atomic E-state index is -0.600. The molecule has 0 spiro atoms. The number of nitrogens with one attached hydrogen (secondary N) is 2. The number of nitrogens with two attached hydrogens (primary N) is 1. The topological polar surface area (TPSA) is 93.0 Å². The molecule has 150 valence electrons. The van der Waals surface area contributed by atoms with E-state index in [1.54, 1.807) is 0 Å². The lowest BCUT2D eigenvalue weighted by Gasteiger charge is -2.12. The van der Waals surface area contributed by atoms with Crippen LogP contribution >= 0.6 is 24.8 Å². The molecule has 1 fully saturated rings. The first-order valence-corrected chi connectivity index (χ1v) is 8.91. The normalized spacial score (nSPS) is 16.8. The van der Waals surface area contributed by atoms with Crippen LogP contribution in [0.4, 0.5) is 5.69 Å². The fraction of sp³-hybridized carbons (Fsp3) is 0.300. The van der Waals surface area contributed by atoms with E-state index in [1.807, 2.05) is 48.5 Å². The molecular weight excluding hydrogens is 399 g/mol. The molecule has 4 N–H and O–H groups in total. The Labute approximate surface area is 176 Å². The first kappa shape index (κ1) is 22.2. The number of nitrogens with zero attached hydrogens (tertiary/aromatic N) is 1. The number of halogens is 2. The average molecular weight is 423 g/mol. The van der Waals surface area contributed by atoms with Gasteiger partial charge in [0.15, 0.2) is 0 Å². The minimum Gasteiger partial charge on any atom is -0.370 e. The predicted octanol–water partition coefficient (Wildman–Crippen LogP) is 3.77. The zero-order chi connectivity index (χ0) is 17.9. The van der Waals surface area contributed by atoms with Crippen molar-refractivity contribution in [1.82, 2.24) is 9.97 Å². The maximum absolute atomic E-state index is 12.4. The number of hydrogen-bond acceptors (Lipinski definition) is 4. The van der Waals surface area contributed by atoms with E-state index in [9.17, 15) is 4.79 Å². The Hall–Kier alpha value is -2.12. The summed E-state index contributed by atoms with van der Waals surface area (Å²) in [5.41, 5.74) is 9.53. The summed E-state index contributed by atoms with van der Waals surface area (Å²) in [4.78, 5) is 20.3. The SMILES string of the molecule is Cl.Cl.NC(Cc1ccccc1)C(=O)Nc1ccc2nc(C3CCCO3)[nH]c2c1. The average Bonchev–Trinajstić information content (AvgIpc) is 3.31. The van der Waals surface area contributed by atoms with Crippen LogP contribution in [0.3, 0.4) is 0 Å². The van der Waals surface area contributed by atoms with E-state index >= 15 is 0 Å². The van der Waals surface area contributed by atoms with Crippen LogP contribution in [0, 0.1) is 0 Å². The zero-order valence-electron chi connectivity index (χ0n) is 15.3. The second-order valence-electron chi connectivity index (χ2n) is 6.64. The summed E-state index contributed by atoms with van der Waals surface area (Å²) in [5, 5.41) is 2.89. The second kappa shape index (κ2) is 9.89. The summed E-state index contributed by atoms with van der Waals surface area (Å²) in [6.07, 6.45) is 2.59. The Bertz CT molecular complexity index is 911. The first-order valence-electron chi connectivity index (χ1n) is 8.91. The van der Waals surface area contributed by atoms with Crippen molar-refractivity contribution in [2.45, 2.75) is 31.4 Å². The monoisotopic (exact) mass is 422 g/mol. The zero-order valence-corrected chi connectivity index (χ0v) is 16.9. The molecule has 6 nitrogen and oxygen atoms in total. The summed E-state index contributed by atoms with van der Waals surface area (Å²) >= 11 is 0. The van der Waals surface area contributed by atoms with Gasteiger partial charge in [-0.15, -0.1) is 24.8 Å². The van der Waals surface area contributed by atoms with Gasteiger partial charge < -0.3 is 20.8 Å². The van der Waals surface area contributed by atoms with Crippen molar-refractivity contribution in [2.75, 3.05) is 11.9 Å². The fourth-order valence-corrected chi connectivity index (χ4v) is 3.25. The van der Waals surface area contributed by atoms with Gasteiger partial charge in [-0.1, -0.05) is 30.3 Å². The number of ether oxygens (including phenoxy) is 1. The standard InChI is InChI=1S/C20H22N4O2.2ClH/c21-15(11-13-5-2-1-3-6-13)20(25)22-14-8-9-16-17(12-14)24-19(23-16)18-7-4-10-26-18;;/h1-3,5-6,8-9,12,15,18H,4,7,10-11,21H2,(H,22,25)(H,23,24);2*1H. The van der Waals surface area contributed by atoms with E-state index < -0.39 is 6.04 Å². The van der Waals surface area contributed by atoms with Crippen LogP contribution in [-0.2, 0) is 16.0 Å². The maximum atomic E-state index is 12.4. The number of carbonyl (C=O) groups excluding carboxylic acids is 1. The number of fused-ring (bicyclic) bond motifs is 1. The number of imidazole rings is 1. The van der Waals surface area contributed by atoms with Gasteiger partial charge in [-0.3, -0.25) is 4.79 Å². The van der Waals surface area contributed by atoms with Gasteiger partial charge >= 0.3 is 0 Å². The molecule has 1 amide bonds. The molecule has 1 aromatic heterocycles. The quantitative estimate of drug-likeness (QED) is 0.583. The Kier molecular flexibility index (Phi) is 7.83. The summed E-state index contributed by atoms with van der Waals surface area (Å²) in [6.45, 7) is 0.780. The van der Waals surface area contributed by atoms with Crippen molar-refractivity contribution in [1.29, 1.82) is 0 Å². The van der Waals surface area contributed by atoms with Crippen LogP contribution in [0.2, 0.25) is 0 Å². The smallest absolute Gasteiger partial charge is 0.241 e. The molecule has 8 heteroatoms. The van der Waals surface area contributed by atoms with E-state index in [4.69, 9.17) is 10.5 Å². The number of rotatable bonds is 5. The van der Waals surface area contributed by atoms with Crippen LogP contribution in [0.15, 0.2) is 48.5 Å². The van der Waals surface area contributed by atoms with Crippen molar-refractivity contribution in [2.24, 2.45) is 5.73 Å². The first-order chi connectivity index (χ1) is 12.7. The number of hydrogen-bond donors (Lipinski definition) is 3. The van der Waals surface area contributed by atoms with E-state index in [-0.39, 0.29) is 36.8 Å². The van der Waals surface area contributed by atoms with Crippen LogP contribution < -0.4 is 11.1 Å². The van der Waals surface area contributed by atoms with Crippen LogP contribution in [-0.4, -0.2) is 28.5 Å². The molecule has 0 aliphatic carbocycles. The number of carbonyl (C=O) groups is 1. The molecule has 4 rings (SSSR count). The van der Waals surface area contributed by atoms with Crippen LogP contribution in [0.25, 0.3) is 11.0 Å². The molecule has 0 radical (unpaired) electrons. The van der Waals surface area contributed by atoms with Gasteiger partial charge in [0.05, 0.1) is 17.1 Å². The lowest BCUT2D eigenvalue weighted by molar-refractivity contribution is -0.117.